The van der Waals surface area contributed by atoms with E-state index in [0.717, 1.165) is 24.8 Å². The van der Waals surface area contributed by atoms with Crippen LogP contribution in [0.3, 0.4) is 0 Å². The van der Waals surface area contributed by atoms with E-state index in [1.165, 1.54) is 0 Å². The quantitative estimate of drug-likeness (QED) is 0.726. The van der Waals surface area contributed by atoms with E-state index in [9.17, 15) is 4.79 Å². The van der Waals surface area contributed by atoms with Gasteiger partial charge in [-0.1, -0.05) is 11.6 Å². The molecule has 0 aliphatic heterocycles. The third-order valence-corrected chi connectivity index (χ3v) is 3.18. The highest BCUT2D eigenvalue weighted by Gasteiger charge is 2.14. The van der Waals surface area contributed by atoms with Crippen LogP contribution in [0.15, 0.2) is 18.2 Å². The Bertz CT molecular complexity index is 437. The lowest BCUT2D eigenvalue weighted by Crippen LogP contribution is -2.36. The molecule has 0 bridgehead atoms. The molecule has 0 radical (unpaired) electrons. The van der Waals surface area contributed by atoms with Gasteiger partial charge < -0.3 is 15.2 Å². The zero-order valence-electron chi connectivity index (χ0n) is 12.0. The Morgan fingerprint density at radius 1 is 1.40 bits per heavy atom. The van der Waals surface area contributed by atoms with Gasteiger partial charge in [-0.25, -0.2) is 0 Å². The summed E-state index contributed by atoms with van der Waals surface area (Å²) in [5, 5.41) is 12.1. The van der Waals surface area contributed by atoms with Crippen LogP contribution in [0.1, 0.15) is 31.7 Å². The van der Waals surface area contributed by atoms with E-state index < -0.39 is 6.10 Å². The largest absolute Gasteiger partial charge is 0.481 e. The Morgan fingerprint density at radius 3 is 2.80 bits per heavy atom. The highest BCUT2D eigenvalue weighted by atomic mass is 35.5. The van der Waals surface area contributed by atoms with Gasteiger partial charge in [0.2, 0.25) is 0 Å². The summed E-state index contributed by atoms with van der Waals surface area (Å²) in [5.41, 5.74) is 0.903. The lowest BCUT2D eigenvalue weighted by molar-refractivity contribution is -0.127. The first-order valence-electron chi connectivity index (χ1n) is 6.86. The molecule has 0 saturated carbocycles. The Labute approximate surface area is 125 Å². The van der Waals surface area contributed by atoms with Gasteiger partial charge in [0.05, 0.1) is 0 Å². The van der Waals surface area contributed by atoms with E-state index >= 15 is 0 Å². The number of amides is 1. The van der Waals surface area contributed by atoms with Gasteiger partial charge in [0.15, 0.2) is 6.10 Å². The third-order valence-electron chi connectivity index (χ3n) is 2.94. The number of aryl methyl sites for hydroxylation is 1. The molecule has 0 aliphatic carbocycles. The van der Waals surface area contributed by atoms with Crippen molar-refractivity contribution in [1.29, 1.82) is 0 Å². The maximum Gasteiger partial charge on any atom is 0.260 e. The number of halogens is 1. The smallest absolute Gasteiger partial charge is 0.260 e. The second kappa shape index (κ2) is 8.82. The van der Waals surface area contributed by atoms with E-state index in [4.69, 9.17) is 21.4 Å². The highest BCUT2D eigenvalue weighted by molar-refractivity contribution is 6.30. The predicted octanol–water partition coefficient (Wildman–Crippen LogP) is 2.69. The number of rotatable bonds is 8. The van der Waals surface area contributed by atoms with Crippen molar-refractivity contribution in [3.8, 4) is 5.75 Å². The Balaban J connectivity index is 2.37. The van der Waals surface area contributed by atoms with Crippen LogP contribution >= 0.6 is 11.6 Å². The second-order valence-electron chi connectivity index (χ2n) is 4.75. The zero-order valence-corrected chi connectivity index (χ0v) is 12.7. The lowest BCUT2D eigenvalue weighted by Gasteiger charge is -2.16. The number of benzene rings is 1. The fourth-order valence-corrected chi connectivity index (χ4v) is 1.98. The van der Waals surface area contributed by atoms with Crippen molar-refractivity contribution < 1.29 is 14.6 Å². The predicted molar refractivity (Wildman–Crippen MR) is 80.2 cm³/mol. The standard InChI is InChI=1S/C15H22ClNO3/c1-11-10-13(16)6-7-14(11)20-12(2)15(19)17-8-4-3-5-9-18/h6-7,10,12,18H,3-5,8-9H2,1-2H3,(H,17,19). The van der Waals surface area contributed by atoms with Crippen LogP contribution < -0.4 is 10.1 Å². The topological polar surface area (TPSA) is 58.6 Å². The molecule has 1 unspecified atom stereocenters. The summed E-state index contributed by atoms with van der Waals surface area (Å²) >= 11 is 5.87. The molecule has 0 aromatic heterocycles. The number of carbonyl (C=O) groups excluding carboxylic acids is 1. The van der Waals surface area contributed by atoms with Gasteiger partial charge in [0, 0.05) is 18.2 Å². The number of hydrogen-bond acceptors (Lipinski definition) is 3. The maximum atomic E-state index is 11.8. The first-order chi connectivity index (χ1) is 9.54. The summed E-state index contributed by atoms with van der Waals surface area (Å²) < 4.78 is 5.63. The van der Waals surface area contributed by atoms with Crippen molar-refractivity contribution in [2.24, 2.45) is 0 Å². The van der Waals surface area contributed by atoms with Gasteiger partial charge >= 0.3 is 0 Å². The Morgan fingerprint density at radius 2 is 2.15 bits per heavy atom. The van der Waals surface area contributed by atoms with Crippen LogP contribution in [0.4, 0.5) is 0 Å². The van der Waals surface area contributed by atoms with Gasteiger partial charge in [0.25, 0.3) is 5.91 Å². The molecule has 0 fully saturated rings. The highest BCUT2D eigenvalue weighted by Crippen LogP contribution is 2.22. The number of hydrogen-bond donors (Lipinski definition) is 2. The molecule has 0 saturated heterocycles. The van der Waals surface area contributed by atoms with Crippen molar-refractivity contribution >= 4 is 17.5 Å². The first-order valence-corrected chi connectivity index (χ1v) is 7.23. The number of aliphatic hydroxyl groups is 1. The van der Waals surface area contributed by atoms with Crippen molar-refractivity contribution in [3.05, 3.63) is 28.8 Å². The van der Waals surface area contributed by atoms with Gasteiger partial charge in [-0.05, 0) is 56.9 Å². The molecular weight excluding hydrogens is 278 g/mol. The number of aliphatic hydroxyl groups excluding tert-OH is 1. The summed E-state index contributed by atoms with van der Waals surface area (Å²) in [6.45, 7) is 4.41. The molecule has 1 aromatic carbocycles. The Hall–Kier alpha value is -1.26. The lowest BCUT2D eigenvalue weighted by atomic mass is 10.2. The van der Waals surface area contributed by atoms with Crippen LogP contribution in [0.2, 0.25) is 5.02 Å². The van der Waals surface area contributed by atoms with Crippen LogP contribution in [0, 0.1) is 6.92 Å². The first kappa shape index (κ1) is 16.8. The number of carbonyl (C=O) groups is 1. The number of unbranched alkanes of at least 4 members (excludes halogenated alkanes) is 2. The molecule has 0 heterocycles. The molecule has 1 aromatic rings. The molecule has 4 nitrogen and oxygen atoms in total. The average molecular weight is 300 g/mol. The zero-order chi connectivity index (χ0) is 15.0. The van der Waals surface area contributed by atoms with Crippen molar-refractivity contribution in [1.82, 2.24) is 5.32 Å². The van der Waals surface area contributed by atoms with Gasteiger partial charge in [-0.15, -0.1) is 0 Å². The molecule has 20 heavy (non-hydrogen) atoms. The van der Waals surface area contributed by atoms with Gasteiger partial charge in [-0.3, -0.25) is 4.79 Å². The molecule has 1 amide bonds. The van der Waals surface area contributed by atoms with E-state index in [2.05, 4.69) is 5.32 Å². The minimum atomic E-state index is -0.548. The summed E-state index contributed by atoms with van der Waals surface area (Å²) in [6, 6.07) is 5.31. The van der Waals surface area contributed by atoms with E-state index in [1.807, 2.05) is 6.92 Å². The minimum absolute atomic E-state index is 0.136. The number of nitrogens with one attached hydrogen (secondary N) is 1. The molecule has 1 atom stereocenters. The SMILES string of the molecule is Cc1cc(Cl)ccc1OC(C)C(=O)NCCCCCO. The van der Waals surface area contributed by atoms with Crippen molar-refractivity contribution in [2.75, 3.05) is 13.2 Å². The second-order valence-corrected chi connectivity index (χ2v) is 5.18. The molecule has 1 rings (SSSR count). The molecule has 2 N–H and O–H groups in total. The van der Waals surface area contributed by atoms with Crippen molar-refractivity contribution in [2.45, 2.75) is 39.2 Å². The normalized spacial score (nSPS) is 12.0. The summed E-state index contributed by atoms with van der Waals surface area (Å²) in [6.07, 6.45) is 1.99. The summed E-state index contributed by atoms with van der Waals surface area (Å²) in [7, 11) is 0. The summed E-state index contributed by atoms with van der Waals surface area (Å²) in [4.78, 5) is 11.8. The fourth-order valence-electron chi connectivity index (χ4n) is 1.76. The average Bonchev–Trinajstić information content (AvgIpc) is 2.41. The monoisotopic (exact) mass is 299 g/mol. The third kappa shape index (κ3) is 5.80. The minimum Gasteiger partial charge on any atom is -0.481 e. The molecular formula is C15H22ClNO3. The van der Waals surface area contributed by atoms with Crippen LogP contribution in [-0.2, 0) is 4.79 Å². The van der Waals surface area contributed by atoms with E-state index in [1.54, 1.807) is 25.1 Å². The fraction of sp³-hybridized carbons (Fsp3) is 0.533. The van der Waals surface area contributed by atoms with E-state index in [0.29, 0.717) is 17.3 Å². The van der Waals surface area contributed by atoms with Crippen molar-refractivity contribution in [3.63, 3.8) is 0 Å². The molecule has 112 valence electrons. The van der Waals surface area contributed by atoms with Crippen LogP contribution in [-0.4, -0.2) is 30.3 Å². The number of ether oxygens (including phenoxy) is 1. The van der Waals surface area contributed by atoms with Gasteiger partial charge in [0.1, 0.15) is 5.75 Å². The molecule has 0 spiro atoms. The summed E-state index contributed by atoms with van der Waals surface area (Å²) in [5.74, 6) is 0.528. The molecule has 5 heteroatoms. The molecule has 0 aliphatic rings. The van der Waals surface area contributed by atoms with Gasteiger partial charge in [-0.2, -0.15) is 0 Å². The van der Waals surface area contributed by atoms with Crippen LogP contribution in [0.5, 0.6) is 5.75 Å². The van der Waals surface area contributed by atoms with E-state index in [-0.39, 0.29) is 12.5 Å². The Kier molecular flexibility index (Phi) is 7.41. The van der Waals surface area contributed by atoms with Crippen LogP contribution in [0.25, 0.3) is 0 Å². The maximum absolute atomic E-state index is 11.8.